The summed E-state index contributed by atoms with van der Waals surface area (Å²) in [4.78, 5) is 2.32. The summed E-state index contributed by atoms with van der Waals surface area (Å²) in [5.74, 6) is 0.930. The van der Waals surface area contributed by atoms with Crippen LogP contribution in [-0.4, -0.2) is 45.2 Å². The summed E-state index contributed by atoms with van der Waals surface area (Å²) in [6.45, 7) is 6.59. The molecule has 0 aliphatic carbocycles. The van der Waals surface area contributed by atoms with E-state index in [0.717, 1.165) is 38.3 Å². The van der Waals surface area contributed by atoms with E-state index in [-0.39, 0.29) is 0 Å². The van der Waals surface area contributed by atoms with Crippen molar-refractivity contribution in [2.24, 2.45) is 0 Å². The van der Waals surface area contributed by atoms with Gasteiger partial charge >= 0.3 is 0 Å². The summed E-state index contributed by atoms with van der Waals surface area (Å²) in [6, 6.07) is 8.34. The highest BCUT2D eigenvalue weighted by molar-refractivity contribution is 5.27. The molecule has 0 amide bonds. The largest absolute Gasteiger partial charge is 0.497 e. The molecule has 102 valence electrons. The van der Waals surface area contributed by atoms with Gasteiger partial charge in [-0.1, -0.05) is 19.1 Å². The van der Waals surface area contributed by atoms with Crippen LogP contribution in [-0.2, 0) is 6.42 Å². The van der Waals surface area contributed by atoms with E-state index in [0.29, 0.717) is 0 Å². The summed E-state index contributed by atoms with van der Waals surface area (Å²) < 4.78 is 5.14. The van der Waals surface area contributed by atoms with E-state index in [1.807, 2.05) is 12.1 Å². The average Bonchev–Trinajstić information content (AvgIpc) is 2.43. The van der Waals surface area contributed by atoms with E-state index >= 15 is 0 Å². The second-order valence-electron chi connectivity index (χ2n) is 4.60. The van der Waals surface area contributed by atoms with Crippen molar-refractivity contribution in [1.29, 1.82) is 0 Å². The number of aryl methyl sites for hydroxylation is 1. The van der Waals surface area contributed by atoms with E-state index in [2.05, 4.69) is 36.3 Å². The lowest BCUT2D eigenvalue weighted by Gasteiger charge is -2.13. The number of nitrogens with zero attached hydrogens (tertiary/aromatic N) is 1. The van der Waals surface area contributed by atoms with Gasteiger partial charge in [-0.15, -0.1) is 0 Å². The number of methoxy groups -OCH3 is 1. The van der Waals surface area contributed by atoms with Gasteiger partial charge in [0.15, 0.2) is 0 Å². The Hall–Kier alpha value is -1.06. The van der Waals surface area contributed by atoms with Gasteiger partial charge < -0.3 is 15.0 Å². The Morgan fingerprint density at radius 3 is 2.50 bits per heavy atom. The molecule has 0 saturated carbocycles. The van der Waals surface area contributed by atoms with E-state index < -0.39 is 0 Å². The highest BCUT2D eigenvalue weighted by Gasteiger charge is 1.96. The molecule has 3 heteroatoms. The zero-order valence-corrected chi connectivity index (χ0v) is 11.9. The van der Waals surface area contributed by atoms with Crippen LogP contribution in [0.3, 0.4) is 0 Å². The van der Waals surface area contributed by atoms with Crippen LogP contribution in [0.2, 0.25) is 0 Å². The van der Waals surface area contributed by atoms with Gasteiger partial charge in [0.05, 0.1) is 7.11 Å². The van der Waals surface area contributed by atoms with Gasteiger partial charge in [0.25, 0.3) is 0 Å². The molecule has 18 heavy (non-hydrogen) atoms. The maximum Gasteiger partial charge on any atom is 0.118 e. The maximum atomic E-state index is 5.14. The zero-order valence-electron chi connectivity index (χ0n) is 11.9. The predicted molar refractivity (Wildman–Crippen MR) is 77.4 cm³/mol. The lowest BCUT2D eigenvalue weighted by Crippen LogP contribution is -2.29. The van der Waals surface area contributed by atoms with Gasteiger partial charge in [-0.25, -0.2) is 0 Å². The summed E-state index contributed by atoms with van der Waals surface area (Å²) >= 11 is 0. The normalized spacial score (nSPS) is 10.9. The third kappa shape index (κ3) is 6.03. The topological polar surface area (TPSA) is 24.5 Å². The Balaban J connectivity index is 2.06. The smallest absolute Gasteiger partial charge is 0.118 e. The number of hydrogen-bond acceptors (Lipinski definition) is 3. The molecular weight excluding hydrogens is 224 g/mol. The zero-order chi connectivity index (χ0) is 13.2. The molecule has 0 aliphatic heterocycles. The van der Waals surface area contributed by atoms with E-state index in [1.54, 1.807) is 7.11 Å². The number of benzene rings is 1. The third-order valence-electron chi connectivity index (χ3n) is 3.19. The van der Waals surface area contributed by atoms with Crippen molar-refractivity contribution in [1.82, 2.24) is 10.2 Å². The minimum atomic E-state index is 0.930. The Kier molecular flexibility index (Phi) is 7.46. The molecule has 0 fully saturated rings. The summed E-state index contributed by atoms with van der Waals surface area (Å²) in [7, 11) is 3.85. The summed E-state index contributed by atoms with van der Waals surface area (Å²) in [6.07, 6.45) is 2.31. The average molecular weight is 250 g/mol. The molecule has 0 aromatic heterocycles. The Morgan fingerprint density at radius 1 is 1.17 bits per heavy atom. The quantitative estimate of drug-likeness (QED) is 0.680. The van der Waals surface area contributed by atoms with Crippen LogP contribution < -0.4 is 10.1 Å². The molecule has 0 heterocycles. The van der Waals surface area contributed by atoms with Crippen LogP contribution in [0.15, 0.2) is 24.3 Å². The molecule has 1 rings (SSSR count). The highest BCUT2D eigenvalue weighted by atomic mass is 16.5. The minimum Gasteiger partial charge on any atom is -0.497 e. The van der Waals surface area contributed by atoms with Crippen LogP contribution >= 0.6 is 0 Å². The third-order valence-corrected chi connectivity index (χ3v) is 3.19. The maximum absolute atomic E-state index is 5.14. The van der Waals surface area contributed by atoms with Gasteiger partial charge in [0.2, 0.25) is 0 Å². The fourth-order valence-corrected chi connectivity index (χ4v) is 1.76. The fraction of sp³-hybridized carbons (Fsp3) is 0.600. The molecule has 0 atom stereocenters. The van der Waals surface area contributed by atoms with Gasteiger partial charge in [-0.3, -0.25) is 0 Å². The van der Waals surface area contributed by atoms with Crippen LogP contribution in [0.5, 0.6) is 5.75 Å². The Labute approximate surface area is 111 Å². The van der Waals surface area contributed by atoms with Crippen molar-refractivity contribution < 1.29 is 4.74 Å². The first kappa shape index (κ1) is 15.0. The summed E-state index contributed by atoms with van der Waals surface area (Å²) in [5, 5.41) is 3.48. The SMILES string of the molecule is CCN(C)CCNCCCc1ccc(OC)cc1. The van der Waals surface area contributed by atoms with E-state index in [4.69, 9.17) is 4.74 Å². The highest BCUT2D eigenvalue weighted by Crippen LogP contribution is 2.12. The molecule has 1 N–H and O–H groups in total. The fourth-order valence-electron chi connectivity index (χ4n) is 1.76. The number of likely N-dealkylation sites (N-methyl/N-ethyl adjacent to an activating group) is 1. The Bertz CT molecular complexity index is 311. The van der Waals surface area contributed by atoms with Crippen LogP contribution in [0.25, 0.3) is 0 Å². The molecule has 1 aromatic rings. The van der Waals surface area contributed by atoms with Crippen molar-refractivity contribution in [3.05, 3.63) is 29.8 Å². The van der Waals surface area contributed by atoms with Crippen molar-refractivity contribution in [2.75, 3.05) is 40.3 Å². The lowest BCUT2D eigenvalue weighted by atomic mass is 10.1. The van der Waals surface area contributed by atoms with Gasteiger partial charge in [-0.05, 0) is 50.7 Å². The molecule has 0 spiro atoms. The van der Waals surface area contributed by atoms with Crippen molar-refractivity contribution in [2.45, 2.75) is 19.8 Å². The van der Waals surface area contributed by atoms with Crippen molar-refractivity contribution in [3.63, 3.8) is 0 Å². The lowest BCUT2D eigenvalue weighted by molar-refractivity contribution is 0.349. The van der Waals surface area contributed by atoms with Crippen LogP contribution in [0.4, 0.5) is 0 Å². The van der Waals surface area contributed by atoms with Crippen LogP contribution in [0, 0.1) is 0 Å². The molecule has 0 radical (unpaired) electrons. The second-order valence-corrected chi connectivity index (χ2v) is 4.60. The van der Waals surface area contributed by atoms with Gasteiger partial charge in [0, 0.05) is 13.1 Å². The summed E-state index contributed by atoms with van der Waals surface area (Å²) in [5.41, 5.74) is 1.38. The molecule has 3 nitrogen and oxygen atoms in total. The first-order valence-electron chi connectivity index (χ1n) is 6.78. The van der Waals surface area contributed by atoms with Crippen molar-refractivity contribution in [3.8, 4) is 5.75 Å². The second kappa shape index (κ2) is 8.95. The standard InChI is InChI=1S/C15H26N2O/c1-4-17(2)13-12-16-11-5-6-14-7-9-15(18-3)10-8-14/h7-10,16H,4-6,11-13H2,1-3H3. The molecule has 0 aliphatic rings. The van der Waals surface area contributed by atoms with Gasteiger partial charge in [-0.2, -0.15) is 0 Å². The number of nitrogens with one attached hydrogen (secondary N) is 1. The molecule has 0 bridgehead atoms. The van der Waals surface area contributed by atoms with Gasteiger partial charge in [0.1, 0.15) is 5.75 Å². The molecule has 0 unspecified atom stereocenters. The van der Waals surface area contributed by atoms with Crippen LogP contribution in [0.1, 0.15) is 18.9 Å². The van der Waals surface area contributed by atoms with E-state index in [9.17, 15) is 0 Å². The van der Waals surface area contributed by atoms with E-state index in [1.165, 1.54) is 12.0 Å². The number of ether oxygens (including phenoxy) is 1. The number of hydrogen-bond donors (Lipinski definition) is 1. The van der Waals surface area contributed by atoms with Crippen molar-refractivity contribution >= 4 is 0 Å². The molecular formula is C15H26N2O. The Morgan fingerprint density at radius 2 is 1.89 bits per heavy atom. The predicted octanol–water partition coefficient (Wildman–Crippen LogP) is 2.17. The first-order valence-corrected chi connectivity index (χ1v) is 6.78. The molecule has 1 aromatic carbocycles. The first-order chi connectivity index (χ1) is 8.76. The minimum absolute atomic E-state index is 0.930. The molecule has 0 saturated heterocycles. The monoisotopic (exact) mass is 250 g/mol. The number of rotatable bonds is 9.